The van der Waals surface area contributed by atoms with E-state index in [1.165, 1.54) is 0 Å². The third-order valence-corrected chi connectivity index (χ3v) is 5.96. The molecule has 0 N–H and O–H groups in total. The molecule has 1 aliphatic carbocycles. The van der Waals surface area contributed by atoms with Crippen LogP contribution in [0.1, 0.15) is 32.1 Å². The molecule has 120 valence electrons. The fourth-order valence-electron chi connectivity index (χ4n) is 3.15. The number of ether oxygens (including phenoxy) is 1. The first-order valence-electron chi connectivity index (χ1n) is 7.66. The monoisotopic (exact) mass is 392 g/mol. The number of aromatic nitrogens is 3. The van der Waals surface area contributed by atoms with E-state index < -0.39 is 5.54 Å². The summed E-state index contributed by atoms with van der Waals surface area (Å²) >= 11 is 5.37. The summed E-state index contributed by atoms with van der Waals surface area (Å²) in [6.45, 7) is 4.20. The van der Waals surface area contributed by atoms with Gasteiger partial charge in [-0.25, -0.2) is 9.67 Å². The van der Waals surface area contributed by atoms with Gasteiger partial charge in [-0.1, -0.05) is 22.0 Å². The third kappa shape index (κ3) is 2.32. The minimum absolute atomic E-state index is 0.0374. The van der Waals surface area contributed by atoms with Crippen molar-refractivity contribution in [3.05, 3.63) is 46.7 Å². The molecular formula is C16H17BrN4OS. The summed E-state index contributed by atoms with van der Waals surface area (Å²) in [5.74, 6) is 1.79. The topological polar surface area (TPSA) is 52.3 Å². The molecule has 0 saturated carbocycles. The molecule has 23 heavy (non-hydrogen) atoms. The Bertz CT molecular complexity index is 764. The summed E-state index contributed by atoms with van der Waals surface area (Å²) in [6, 6.07) is 0.246. The summed E-state index contributed by atoms with van der Waals surface area (Å²) in [6.07, 6.45) is 10.7. The zero-order valence-corrected chi connectivity index (χ0v) is 15.3. The minimum atomic E-state index is -0.458. The lowest BCUT2D eigenvalue weighted by molar-refractivity contribution is 0.133. The molecule has 0 bridgehead atoms. The summed E-state index contributed by atoms with van der Waals surface area (Å²) in [5.41, 5.74) is 0.626. The van der Waals surface area contributed by atoms with Gasteiger partial charge >= 0.3 is 0 Å². The van der Waals surface area contributed by atoms with Crippen molar-refractivity contribution < 1.29 is 4.74 Å². The van der Waals surface area contributed by atoms with Gasteiger partial charge in [-0.05, 0) is 32.4 Å². The predicted molar refractivity (Wildman–Crippen MR) is 95.9 cm³/mol. The van der Waals surface area contributed by atoms with E-state index in [9.17, 15) is 0 Å². The average Bonchev–Trinajstić information content (AvgIpc) is 3.10. The van der Waals surface area contributed by atoms with Crippen molar-refractivity contribution in [2.24, 2.45) is 4.99 Å². The van der Waals surface area contributed by atoms with E-state index in [2.05, 4.69) is 45.9 Å². The van der Waals surface area contributed by atoms with Crippen molar-refractivity contribution in [3.8, 4) is 0 Å². The first kappa shape index (κ1) is 15.2. The largest absolute Gasteiger partial charge is 0.494 e. The van der Waals surface area contributed by atoms with Crippen molar-refractivity contribution in [3.63, 3.8) is 0 Å². The number of rotatable bonds is 2. The molecule has 3 heterocycles. The lowest BCUT2D eigenvalue weighted by Crippen LogP contribution is -2.39. The smallest absolute Gasteiger partial charge is 0.183 e. The molecule has 7 heteroatoms. The maximum Gasteiger partial charge on any atom is 0.183 e. The van der Waals surface area contributed by atoms with Crippen LogP contribution in [-0.2, 0) is 4.74 Å². The van der Waals surface area contributed by atoms with E-state index >= 15 is 0 Å². The van der Waals surface area contributed by atoms with Crippen LogP contribution in [0.5, 0.6) is 0 Å². The zero-order valence-electron chi connectivity index (χ0n) is 12.9. The highest BCUT2D eigenvalue weighted by Crippen LogP contribution is 2.47. The van der Waals surface area contributed by atoms with Crippen LogP contribution in [0, 0.1) is 0 Å². The van der Waals surface area contributed by atoms with Gasteiger partial charge in [0.2, 0.25) is 0 Å². The summed E-state index contributed by atoms with van der Waals surface area (Å²) in [7, 11) is 0. The molecule has 0 saturated heterocycles. The molecule has 4 rings (SSSR count). The molecule has 0 amide bonds. The second kappa shape index (κ2) is 5.63. The fourth-order valence-corrected chi connectivity index (χ4v) is 4.73. The molecule has 0 radical (unpaired) electrons. The number of halogens is 1. The number of hydrogen-bond donors (Lipinski definition) is 0. The Hall–Kier alpha value is -1.34. The highest BCUT2D eigenvalue weighted by Gasteiger charge is 2.49. The van der Waals surface area contributed by atoms with E-state index in [4.69, 9.17) is 9.73 Å². The Morgan fingerprint density at radius 2 is 2.35 bits per heavy atom. The minimum Gasteiger partial charge on any atom is -0.494 e. The molecule has 1 aromatic heterocycles. The SMILES string of the molecule is CC(C)n1ncnc1C1=NC23C=CC=C(Br)C2=COC3CCS1. The Labute approximate surface area is 147 Å². The van der Waals surface area contributed by atoms with Crippen molar-refractivity contribution >= 4 is 32.7 Å². The number of thioether (sulfide) groups is 1. The molecule has 5 nitrogen and oxygen atoms in total. The van der Waals surface area contributed by atoms with Gasteiger partial charge in [-0.3, -0.25) is 4.99 Å². The number of hydrogen-bond acceptors (Lipinski definition) is 5. The van der Waals surface area contributed by atoms with Crippen molar-refractivity contribution in [1.82, 2.24) is 14.8 Å². The molecular weight excluding hydrogens is 376 g/mol. The first-order chi connectivity index (χ1) is 11.1. The van der Waals surface area contributed by atoms with Crippen LogP contribution in [0.4, 0.5) is 0 Å². The fraction of sp³-hybridized carbons (Fsp3) is 0.438. The van der Waals surface area contributed by atoms with Crippen molar-refractivity contribution in [2.45, 2.75) is 38.0 Å². The zero-order chi connectivity index (χ0) is 16.0. The molecule has 0 fully saturated rings. The summed E-state index contributed by atoms with van der Waals surface area (Å²) in [4.78, 5) is 9.59. The van der Waals surface area contributed by atoms with Gasteiger partial charge in [0.25, 0.3) is 0 Å². The van der Waals surface area contributed by atoms with Crippen LogP contribution in [0.3, 0.4) is 0 Å². The molecule has 2 aliphatic heterocycles. The van der Waals surface area contributed by atoms with Gasteiger partial charge in [-0.2, -0.15) is 5.10 Å². The molecule has 1 spiro atoms. The van der Waals surface area contributed by atoms with Crippen molar-refractivity contribution in [1.29, 1.82) is 0 Å². The Morgan fingerprint density at radius 3 is 3.17 bits per heavy atom. The average molecular weight is 393 g/mol. The quantitative estimate of drug-likeness (QED) is 0.770. The van der Waals surface area contributed by atoms with Gasteiger partial charge in [0.1, 0.15) is 23.0 Å². The lowest BCUT2D eigenvalue weighted by atomic mass is 9.82. The standard InChI is InChI=1S/C16H17BrN4OS/c1-10(2)21-14(18-9-19-21)15-20-16-6-3-4-12(17)11(16)8-22-13(16)5-7-23-15/h3-4,6,8-10,13H,5,7H2,1-2H3. The molecule has 0 aromatic carbocycles. The van der Waals surface area contributed by atoms with Crippen LogP contribution in [0.2, 0.25) is 0 Å². The number of nitrogens with zero attached hydrogens (tertiary/aromatic N) is 4. The van der Waals surface area contributed by atoms with E-state index in [0.29, 0.717) is 0 Å². The van der Waals surface area contributed by atoms with Crippen molar-refractivity contribution in [2.75, 3.05) is 5.75 Å². The maximum atomic E-state index is 5.94. The second-order valence-electron chi connectivity index (χ2n) is 6.03. The number of allylic oxidation sites excluding steroid dienone is 2. The van der Waals surface area contributed by atoms with Crippen LogP contribution in [-0.4, -0.2) is 37.2 Å². The Morgan fingerprint density at radius 1 is 1.48 bits per heavy atom. The van der Waals surface area contributed by atoms with Gasteiger partial charge < -0.3 is 4.74 Å². The highest BCUT2D eigenvalue weighted by molar-refractivity contribution is 9.12. The summed E-state index contributed by atoms with van der Waals surface area (Å²) < 4.78 is 8.90. The van der Waals surface area contributed by atoms with Gasteiger partial charge in [0.15, 0.2) is 5.82 Å². The highest BCUT2D eigenvalue weighted by atomic mass is 79.9. The Balaban J connectivity index is 1.84. The van der Waals surface area contributed by atoms with Crippen LogP contribution < -0.4 is 0 Å². The van der Waals surface area contributed by atoms with Gasteiger partial charge in [0, 0.05) is 21.9 Å². The first-order valence-corrected chi connectivity index (χ1v) is 9.44. The maximum absolute atomic E-state index is 5.94. The molecule has 2 unspecified atom stereocenters. The lowest BCUT2D eigenvalue weighted by Gasteiger charge is -2.30. The van der Waals surface area contributed by atoms with E-state index in [0.717, 1.165) is 33.1 Å². The normalized spacial score (nSPS) is 29.2. The van der Waals surface area contributed by atoms with E-state index in [-0.39, 0.29) is 12.1 Å². The van der Waals surface area contributed by atoms with E-state index in [1.54, 1.807) is 18.1 Å². The summed E-state index contributed by atoms with van der Waals surface area (Å²) in [5, 5.41) is 5.28. The Kier molecular flexibility index (Phi) is 3.72. The van der Waals surface area contributed by atoms with Crippen LogP contribution in [0.15, 0.2) is 45.9 Å². The molecule has 2 atom stereocenters. The van der Waals surface area contributed by atoms with Gasteiger partial charge in [-0.15, -0.1) is 11.8 Å². The van der Waals surface area contributed by atoms with Crippen LogP contribution in [0.25, 0.3) is 0 Å². The second-order valence-corrected chi connectivity index (χ2v) is 7.97. The number of aliphatic imine (C=N–C) groups is 1. The van der Waals surface area contributed by atoms with Crippen LogP contribution >= 0.6 is 27.7 Å². The van der Waals surface area contributed by atoms with Gasteiger partial charge in [0.05, 0.1) is 6.26 Å². The molecule has 3 aliphatic rings. The van der Waals surface area contributed by atoms with E-state index in [1.807, 2.05) is 23.1 Å². The molecule has 1 aromatic rings. The third-order valence-electron chi connectivity index (χ3n) is 4.28. The predicted octanol–water partition coefficient (Wildman–Crippen LogP) is 3.61.